The molecule has 1 aromatic carbocycles. The monoisotopic (exact) mass is 297 g/mol. The van der Waals surface area contributed by atoms with E-state index in [1.807, 2.05) is 0 Å². The van der Waals surface area contributed by atoms with Crippen LogP contribution in [0, 0.1) is 5.92 Å². The summed E-state index contributed by atoms with van der Waals surface area (Å²) in [5.41, 5.74) is 1.38. The third kappa shape index (κ3) is 3.09. The summed E-state index contributed by atoms with van der Waals surface area (Å²) in [5, 5.41) is 9.21. The molecule has 0 unspecified atom stereocenters. The molecule has 2 rings (SSSR count). The van der Waals surface area contributed by atoms with Crippen LogP contribution in [-0.2, 0) is 0 Å². The van der Waals surface area contributed by atoms with Crippen LogP contribution in [-0.4, -0.2) is 29.7 Å². The maximum absolute atomic E-state index is 9.21. The number of aliphatic hydroxyl groups excluding tert-OH is 1. The number of aliphatic hydroxyl groups is 1. The molecule has 0 radical (unpaired) electrons. The van der Waals surface area contributed by atoms with Gasteiger partial charge in [0, 0.05) is 23.7 Å². The SMILES string of the molecule is CC[C@@H](c1ccc(Br)cc1)N1CC[C@H](CO)C1. The Morgan fingerprint density at radius 2 is 2.12 bits per heavy atom. The highest BCUT2D eigenvalue weighted by atomic mass is 79.9. The maximum Gasteiger partial charge on any atom is 0.0471 e. The fourth-order valence-corrected chi connectivity index (χ4v) is 2.95. The Hall–Kier alpha value is -0.380. The van der Waals surface area contributed by atoms with Crippen LogP contribution in [0.25, 0.3) is 0 Å². The van der Waals surface area contributed by atoms with Gasteiger partial charge in [-0.15, -0.1) is 0 Å². The molecular weight excluding hydrogens is 278 g/mol. The highest BCUT2D eigenvalue weighted by Gasteiger charge is 2.27. The summed E-state index contributed by atoms with van der Waals surface area (Å²) in [7, 11) is 0. The second-order valence-corrected chi connectivity index (χ2v) is 5.72. The second kappa shape index (κ2) is 5.98. The van der Waals surface area contributed by atoms with Crippen molar-refractivity contribution in [2.45, 2.75) is 25.8 Å². The summed E-state index contributed by atoms with van der Waals surface area (Å²) >= 11 is 3.47. The van der Waals surface area contributed by atoms with E-state index in [0.29, 0.717) is 18.6 Å². The van der Waals surface area contributed by atoms with Gasteiger partial charge in [-0.1, -0.05) is 35.0 Å². The molecule has 1 saturated heterocycles. The van der Waals surface area contributed by atoms with Crippen LogP contribution in [0.5, 0.6) is 0 Å². The molecule has 0 bridgehead atoms. The molecule has 2 nitrogen and oxygen atoms in total. The highest BCUT2D eigenvalue weighted by molar-refractivity contribution is 9.10. The van der Waals surface area contributed by atoms with Gasteiger partial charge in [0.15, 0.2) is 0 Å². The van der Waals surface area contributed by atoms with Crippen molar-refractivity contribution in [3.8, 4) is 0 Å². The molecule has 94 valence electrons. The number of hydrogen-bond donors (Lipinski definition) is 1. The molecule has 2 atom stereocenters. The van der Waals surface area contributed by atoms with E-state index >= 15 is 0 Å². The zero-order chi connectivity index (χ0) is 12.3. The number of rotatable bonds is 4. The average molecular weight is 298 g/mol. The molecule has 1 aromatic rings. The van der Waals surface area contributed by atoms with Crippen LogP contribution in [0.4, 0.5) is 0 Å². The van der Waals surface area contributed by atoms with Crippen LogP contribution in [0.1, 0.15) is 31.4 Å². The number of nitrogens with zero attached hydrogens (tertiary/aromatic N) is 1. The van der Waals surface area contributed by atoms with E-state index in [-0.39, 0.29) is 0 Å². The first-order valence-corrected chi connectivity index (χ1v) is 7.14. The van der Waals surface area contributed by atoms with Crippen LogP contribution >= 0.6 is 15.9 Å². The number of hydrogen-bond acceptors (Lipinski definition) is 2. The summed E-state index contributed by atoms with van der Waals surface area (Å²) in [6, 6.07) is 9.11. The van der Waals surface area contributed by atoms with Gasteiger partial charge in [0.25, 0.3) is 0 Å². The Labute approximate surface area is 112 Å². The normalized spacial score (nSPS) is 22.9. The lowest BCUT2D eigenvalue weighted by molar-refractivity contribution is 0.195. The van der Waals surface area contributed by atoms with Crippen LogP contribution in [0.15, 0.2) is 28.7 Å². The molecule has 0 saturated carbocycles. The van der Waals surface area contributed by atoms with Gasteiger partial charge in [0.1, 0.15) is 0 Å². The molecule has 1 heterocycles. The van der Waals surface area contributed by atoms with Crippen molar-refractivity contribution < 1.29 is 5.11 Å². The Bertz CT molecular complexity index is 352. The van der Waals surface area contributed by atoms with Gasteiger partial charge in [-0.25, -0.2) is 0 Å². The molecule has 0 amide bonds. The largest absolute Gasteiger partial charge is 0.396 e. The van der Waals surface area contributed by atoms with Crippen molar-refractivity contribution in [1.82, 2.24) is 4.90 Å². The fourth-order valence-electron chi connectivity index (χ4n) is 2.68. The molecule has 1 aliphatic rings. The summed E-state index contributed by atoms with van der Waals surface area (Å²) in [6.45, 7) is 4.71. The summed E-state index contributed by atoms with van der Waals surface area (Å²) < 4.78 is 1.13. The topological polar surface area (TPSA) is 23.5 Å². The second-order valence-electron chi connectivity index (χ2n) is 4.81. The highest BCUT2D eigenvalue weighted by Crippen LogP contribution is 2.30. The lowest BCUT2D eigenvalue weighted by atomic mass is 10.0. The molecule has 0 aromatic heterocycles. The number of likely N-dealkylation sites (tertiary alicyclic amines) is 1. The summed E-state index contributed by atoms with van der Waals surface area (Å²) in [4.78, 5) is 2.50. The van der Waals surface area contributed by atoms with E-state index in [1.54, 1.807) is 0 Å². The van der Waals surface area contributed by atoms with E-state index in [0.717, 1.165) is 30.4 Å². The van der Waals surface area contributed by atoms with Crippen molar-refractivity contribution in [1.29, 1.82) is 0 Å². The molecule has 1 N–H and O–H groups in total. The van der Waals surface area contributed by atoms with Crippen molar-refractivity contribution in [3.05, 3.63) is 34.3 Å². The number of benzene rings is 1. The summed E-state index contributed by atoms with van der Waals surface area (Å²) in [6.07, 6.45) is 2.25. The zero-order valence-corrected chi connectivity index (χ0v) is 11.9. The minimum absolute atomic E-state index is 0.327. The fraction of sp³-hybridized carbons (Fsp3) is 0.571. The van der Waals surface area contributed by atoms with Gasteiger partial charge in [-0.2, -0.15) is 0 Å². The zero-order valence-electron chi connectivity index (χ0n) is 10.3. The van der Waals surface area contributed by atoms with Crippen LogP contribution in [0.2, 0.25) is 0 Å². The third-order valence-corrected chi connectivity index (χ3v) is 4.19. The van der Waals surface area contributed by atoms with E-state index in [1.165, 1.54) is 5.56 Å². The van der Waals surface area contributed by atoms with Crippen LogP contribution < -0.4 is 0 Å². The van der Waals surface area contributed by atoms with Gasteiger partial charge in [-0.05, 0) is 43.0 Å². The van der Waals surface area contributed by atoms with Crippen molar-refractivity contribution in [2.75, 3.05) is 19.7 Å². The predicted molar refractivity (Wildman–Crippen MR) is 73.9 cm³/mol. The maximum atomic E-state index is 9.21. The van der Waals surface area contributed by atoms with Gasteiger partial charge < -0.3 is 5.11 Å². The molecular formula is C14H20BrNO. The lowest BCUT2D eigenvalue weighted by Gasteiger charge is -2.27. The minimum atomic E-state index is 0.327. The van der Waals surface area contributed by atoms with E-state index in [4.69, 9.17) is 0 Å². The Morgan fingerprint density at radius 3 is 2.65 bits per heavy atom. The first kappa shape index (κ1) is 13.1. The smallest absolute Gasteiger partial charge is 0.0471 e. The van der Waals surface area contributed by atoms with Gasteiger partial charge in [0.05, 0.1) is 0 Å². The molecule has 17 heavy (non-hydrogen) atoms. The Balaban J connectivity index is 2.08. The standard InChI is InChI=1S/C14H20BrNO/c1-2-14(12-3-5-13(15)6-4-12)16-8-7-11(9-16)10-17/h3-6,11,14,17H,2,7-10H2,1H3/t11-,14-/m0/s1. The Morgan fingerprint density at radius 1 is 1.41 bits per heavy atom. The molecule has 3 heteroatoms. The van der Waals surface area contributed by atoms with Gasteiger partial charge >= 0.3 is 0 Å². The average Bonchev–Trinajstić information content (AvgIpc) is 2.81. The van der Waals surface area contributed by atoms with Crippen molar-refractivity contribution in [2.24, 2.45) is 5.92 Å². The first-order valence-electron chi connectivity index (χ1n) is 6.35. The first-order chi connectivity index (χ1) is 8.24. The molecule has 0 spiro atoms. The predicted octanol–water partition coefficient (Wildman–Crippen LogP) is 3.21. The molecule has 0 aliphatic carbocycles. The van der Waals surface area contributed by atoms with Crippen LogP contribution in [0.3, 0.4) is 0 Å². The molecule has 1 aliphatic heterocycles. The van der Waals surface area contributed by atoms with E-state index < -0.39 is 0 Å². The lowest BCUT2D eigenvalue weighted by Crippen LogP contribution is -2.26. The summed E-state index contributed by atoms with van der Waals surface area (Å²) in [5.74, 6) is 0.472. The van der Waals surface area contributed by atoms with Gasteiger partial charge in [-0.3, -0.25) is 4.90 Å². The third-order valence-electron chi connectivity index (χ3n) is 3.66. The van der Waals surface area contributed by atoms with Crippen molar-refractivity contribution in [3.63, 3.8) is 0 Å². The minimum Gasteiger partial charge on any atom is -0.396 e. The van der Waals surface area contributed by atoms with E-state index in [2.05, 4.69) is 52.0 Å². The van der Waals surface area contributed by atoms with Gasteiger partial charge in [0.2, 0.25) is 0 Å². The van der Waals surface area contributed by atoms with Crippen molar-refractivity contribution >= 4 is 15.9 Å². The quantitative estimate of drug-likeness (QED) is 0.922. The molecule has 1 fully saturated rings. The van der Waals surface area contributed by atoms with E-state index in [9.17, 15) is 5.11 Å². The number of halogens is 1. The Kier molecular flexibility index (Phi) is 4.60.